The molecule has 0 aliphatic heterocycles. The topological polar surface area (TPSA) is 176 Å². The summed E-state index contributed by atoms with van der Waals surface area (Å²) < 4.78 is 4.84. The van der Waals surface area contributed by atoms with Crippen molar-refractivity contribution in [1.29, 1.82) is 5.41 Å². The molecule has 1 atom stereocenters. The molecule has 1 aromatic rings. The van der Waals surface area contributed by atoms with Gasteiger partial charge >= 0.3 is 12.1 Å². The van der Waals surface area contributed by atoms with E-state index < -0.39 is 24.0 Å². The highest BCUT2D eigenvalue weighted by Crippen LogP contribution is 2.01. The molecule has 0 bridgehead atoms. The molecule has 0 fully saturated rings. The standard InChI is InChI=1S/C19H27N5O6/c1-2-3-9-29-19(28)24-15(18(26)27)12-22-16(25)8-10-30-23-11-13-4-6-14(7-5-13)17(20)21/h4-7,11,15H,2-3,8-10,12H2,1H3,(H3,20,21)(H,22,25)(H,24,28)(H,26,27)/t15-/m0/s1. The van der Waals surface area contributed by atoms with Crippen molar-refractivity contribution in [3.63, 3.8) is 0 Å². The molecular weight excluding hydrogens is 394 g/mol. The van der Waals surface area contributed by atoms with Gasteiger partial charge in [0.15, 0.2) is 0 Å². The maximum absolute atomic E-state index is 11.8. The number of benzene rings is 1. The summed E-state index contributed by atoms with van der Waals surface area (Å²) in [5, 5.41) is 24.8. The number of unbranched alkanes of at least 4 members (excludes halogenated alkanes) is 1. The third-order valence-electron chi connectivity index (χ3n) is 3.74. The zero-order valence-corrected chi connectivity index (χ0v) is 16.7. The Hall–Kier alpha value is -3.63. The molecule has 11 heteroatoms. The molecule has 0 aliphatic rings. The number of aliphatic carboxylic acids is 1. The number of amides is 2. The Kier molecular flexibility index (Phi) is 11.0. The molecule has 164 valence electrons. The number of hydrogen-bond donors (Lipinski definition) is 5. The smallest absolute Gasteiger partial charge is 0.407 e. The van der Waals surface area contributed by atoms with E-state index >= 15 is 0 Å². The Bertz CT molecular complexity index is 750. The van der Waals surface area contributed by atoms with Gasteiger partial charge in [-0.3, -0.25) is 10.2 Å². The maximum Gasteiger partial charge on any atom is 0.407 e. The van der Waals surface area contributed by atoms with E-state index in [1.165, 1.54) is 6.21 Å². The van der Waals surface area contributed by atoms with Crippen LogP contribution in [0.1, 0.15) is 37.3 Å². The maximum atomic E-state index is 11.8. The minimum atomic E-state index is -1.31. The molecule has 0 radical (unpaired) electrons. The highest BCUT2D eigenvalue weighted by atomic mass is 16.6. The summed E-state index contributed by atoms with van der Waals surface area (Å²) in [5.41, 5.74) is 6.69. The number of carboxylic acid groups (broad SMARTS) is 1. The van der Waals surface area contributed by atoms with Crippen LogP contribution in [0, 0.1) is 5.41 Å². The van der Waals surface area contributed by atoms with Gasteiger partial charge in [-0.05, 0) is 12.0 Å². The van der Waals surface area contributed by atoms with Crippen molar-refractivity contribution in [2.75, 3.05) is 19.8 Å². The molecule has 0 aromatic heterocycles. The minimum absolute atomic E-state index is 0.0158. The number of amidine groups is 1. The lowest BCUT2D eigenvalue weighted by Gasteiger charge is -2.15. The Labute approximate surface area is 174 Å². The summed E-state index contributed by atoms with van der Waals surface area (Å²) in [5.74, 6) is -1.78. The number of nitrogens with two attached hydrogens (primary N) is 1. The highest BCUT2D eigenvalue weighted by molar-refractivity contribution is 5.95. The van der Waals surface area contributed by atoms with Crippen molar-refractivity contribution >= 4 is 30.0 Å². The number of nitrogens with zero attached hydrogens (tertiary/aromatic N) is 1. The molecule has 1 rings (SSSR count). The van der Waals surface area contributed by atoms with Crippen LogP contribution < -0.4 is 16.4 Å². The van der Waals surface area contributed by atoms with E-state index in [4.69, 9.17) is 25.8 Å². The van der Waals surface area contributed by atoms with Crippen LogP contribution in [0.5, 0.6) is 0 Å². The van der Waals surface area contributed by atoms with E-state index in [9.17, 15) is 14.4 Å². The van der Waals surface area contributed by atoms with Gasteiger partial charge in [0.2, 0.25) is 5.91 Å². The zero-order chi connectivity index (χ0) is 22.4. The Morgan fingerprint density at radius 2 is 1.97 bits per heavy atom. The molecule has 2 amide bonds. The SMILES string of the molecule is CCCCOC(=O)N[C@@H](CNC(=O)CCON=Cc1ccc(C(=N)N)cc1)C(=O)O. The minimum Gasteiger partial charge on any atom is -0.480 e. The van der Waals surface area contributed by atoms with Crippen molar-refractivity contribution in [3.05, 3.63) is 35.4 Å². The number of alkyl carbamates (subject to hydrolysis) is 1. The fourth-order valence-corrected chi connectivity index (χ4v) is 2.04. The Balaban J connectivity index is 2.29. The van der Waals surface area contributed by atoms with Crippen LogP contribution in [0.3, 0.4) is 0 Å². The van der Waals surface area contributed by atoms with Crippen molar-refractivity contribution in [3.8, 4) is 0 Å². The summed E-state index contributed by atoms with van der Waals surface area (Å²) >= 11 is 0. The number of carbonyl (C=O) groups is 3. The van der Waals surface area contributed by atoms with Crippen LogP contribution in [-0.2, 0) is 19.2 Å². The monoisotopic (exact) mass is 421 g/mol. The number of nitrogens with one attached hydrogen (secondary N) is 3. The van der Waals surface area contributed by atoms with Crippen molar-refractivity contribution in [2.45, 2.75) is 32.2 Å². The number of ether oxygens (including phenoxy) is 1. The molecule has 0 spiro atoms. The van der Waals surface area contributed by atoms with Crippen LogP contribution in [0.25, 0.3) is 0 Å². The third-order valence-corrected chi connectivity index (χ3v) is 3.74. The van der Waals surface area contributed by atoms with Crippen LogP contribution in [0.15, 0.2) is 29.4 Å². The fraction of sp³-hybridized carbons (Fsp3) is 0.421. The van der Waals surface area contributed by atoms with E-state index in [0.717, 1.165) is 12.0 Å². The molecule has 6 N–H and O–H groups in total. The van der Waals surface area contributed by atoms with Crippen LogP contribution in [-0.4, -0.2) is 60.9 Å². The van der Waals surface area contributed by atoms with Crippen LogP contribution in [0.2, 0.25) is 0 Å². The molecule has 30 heavy (non-hydrogen) atoms. The second-order valence-electron chi connectivity index (χ2n) is 6.18. The summed E-state index contributed by atoms with van der Waals surface area (Å²) in [6, 6.07) is 5.46. The average Bonchev–Trinajstić information content (AvgIpc) is 2.71. The van der Waals surface area contributed by atoms with Crippen molar-refractivity contribution < 1.29 is 29.1 Å². The first kappa shape index (κ1) is 24.4. The number of nitrogen functional groups attached to an aromatic ring is 1. The number of hydrogen-bond acceptors (Lipinski definition) is 7. The highest BCUT2D eigenvalue weighted by Gasteiger charge is 2.21. The van der Waals surface area contributed by atoms with Gasteiger partial charge in [0, 0.05) is 12.1 Å². The van der Waals surface area contributed by atoms with Crippen LogP contribution in [0.4, 0.5) is 4.79 Å². The molecule has 0 saturated heterocycles. The fourth-order valence-electron chi connectivity index (χ4n) is 2.04. The molecule has 0 unspecified atom stereocenters. The first-order chi connectivity index (χ1) is 14.3. The van der Waals surface area contributed by atoms with E-state index in [-0.39, 0.29) is 32.0 Å². The Morgan fingerprint density at radius 1 is 1.27 bits per heavy atom. The molecular formula is C19H27N5O6. The lowest BCUT2D eigenvalue weighted by molar-refractivity contribution is -0.139. The summed E-state index contributed by atoms with van der Waals surface area (Å²) in [4.78, 5) is 39.5. The number of carboxylic acids is 1. The average molecular weight is 421 g/mol. The van der Waals surface area contributed by atoms with Gasteiger partial charge in [0.25, 0.3) is 0 Å². The molecule has 0 aliphatic carbocycles. The lowest BCUT2D eigenvalue weighted by atomic mass is 10.1. The summed E-state index contributed by atoms with van der Waals surface area (Å²) in [6.45, 7) is 1.82. The molecule has 11 nitrogen and oxygen atoms in total. The van der Waals surface area contributed by atoms with Crippen LogP contribution >= 0.6 is 0 Å². The lowest BCUT2D eigenvalue weighted by Crippen LogP contribution is -2.48. The van der Waals surface area contributed by atoms with E-state index in [1.54, 1.807) is 24.3 Å². The predicted octanol–water partition coefficient (Wildman–Crippen LogP) is 0.807. The number of rotatable bonds is 13. The second-order valence-corrected chi connectivity index (χ2v) is 6.18. The normalized spacial score (nSPS) is 11.5. The predicted molar refractivity (Wildman–Crippen MR) is 109 cm³/mol. The molecule has 1 aromatic carbocycles. The first-order valence-corrected chi connectivity index (χ1v) is 9.36. The van der Waals surface area contributed by atoms with E-state index in [0.29, 0.717) is 12.0 Å². The van der Waals surface area contributed by atoms with Crippen molar-refractivity contribution in [2.24, 2.45) is 10.9 Å². The van der Waals surface area contributed by atoms with Gasteiger partial charge in [-0.2, -0.15) is 0 Å². The number of carbonyl (C=O) groups excluding carboxylic acids is 2. The second kappa shape index (κ2) is 13.5. The number of oxime groups is 1. The Morgan fingerprint density at radius 3 is 2.57 bits per heavy atom. The quantitative estimate of drug-likeness (QED) is 0.135. The van der Waals surface area contributed by atoms with Gasteiger partial charge in [0.1, 0.15) is 18.5 Å². The molecule has 0 heterocycles. The summed E-state index contributed by atoms with van der Waals surface area (Å²) in [7, 11) is 0. The third kappa shape index (κ3) is 10.1. The largest absolute Gasteiger partial charge is 0.480 e. The molecule has 0 saturated carbocycles. The van der Waals surface area contributed by atoms with Crippen molar-refractivity contribution in [1.82, 2.24) is 10.6 Å². The van der Waals surface area contributed by atoms with Gasteiger partial charge < -0.3 is 31.0 Å². The zero-order valence-electron chi connectivity index (χ0n) is 16.7. The first-order valence-electron chi connectivity index (χ1n) is 9.36. The van der Waals surface area contributed by atoms with Gasteiger partial charge in [-0.1, -0.05) is 42.8 Å². The van der Waals surface area contributed by atoms with E-state index in [2.05, 4.69) is 15.8 Å². The van der Waals surface area contributed by atoms with E-state index in [1.807, 2.05) is 6.92 Å². The summed E-state index contributed by atoms with van der Waals surface area (Å²) in [6.07, 6.45) is 2.06. The van der Waals surface area contributed by atoms with Gasteiger partial charge in [0.05, 0.1) is 19.2 Å². The van der Waals surface area contributed by atoms with Gasteiger partial charge in [-0.25, -0.2) is 9.59 Å². The van der Waals surface area contributed by atoms with Gasteiger partial charge in [-0.15, -0.1) is 0 Å².